The van der Waals surface area contributed by atoms with Crippen LogP contribution in [0.3, 0.4) is 0 Å². The van der Waals surface area contributed by atoms with Gasteiger partial charge in [-0.3, -0.25) is 4.79 Å². The van der Waals surface area contributed by atoms with Gasteiger partial charge >= 0.3 is 0 Å². The van der Waals surface area contributed by atoms with Crippen LogP contribution in [0, 0.1) is 24.7 Å². The van der Waals surface area contributed by atoms with Crippen molar-refractivity contribution < 1.29 is 15.0 Å². The molecule has 2 aliphatic carbocycles. The molecule has 168 valence electrons. The Morgan fingerprint density at radius 2 is 2.10 bits per heavy atom. The van der Waals surface area contributed by atoms with Gasteiger partial charge in [-0.15, -0.1) is 0 Å². The Kier molecular flexibility index (Phi) is 7.29. The van der Waals surface area contributed by atoms with Gasteiger partial charge in [-0.2, -0.15) is 0 Å². The molecule has 1 aromatic rings. The van der Waals surface area contributed by atoms with Crippen LogP contribution in [-0.4, -0.2) is 46.3 Å². The van der Waals surface area contributed by atoms with Gasteiger partial charge in [0, 0.05) is 31.8 Å². The lowest BCUT2D eigenvalue weighted by Crippen LogP contribution is -2.27. The average Bonchev–Trinajstić information content (AvgIpc) is 3.44. The fourth-order valence-electron chi connectivity index (χ4n) is 5.79. The molecule has 0 radical (unpaired) electrons. The maximum Gasteiger partial charge on any atom is 0.222 e. The van der Waals surface area contributed by atoms with E-state index in [0.717, 1.165) is 57.2 Å². The maximum atomic E-state index is 12.2. The van der Waals surface area contributed by atoms with Crippen LogP contribution >= 0.6 is 0 Å². The molecular weight excluding hydrogens is 386 g/mol. The van der Waals surface area contributed by atoms with Gasteiger partial charge in [0.05, 0.1) is 12.2 Å². The van der Waals surface area contributed by atoms with Crippen molar-refractivity contribution in [2.75, 3.05) is 13.1 Å². The zero-order chi connectivity index (χ0) is 21.8. The van der Waals surface area contributed by atoms with Crippen molar-refractivity contribution in [2.45, 2.75) is 70.5 Å². The number of carbonyl (C=O) groups is 1. The minimum Gasteiger partial charge on any atom is -0.392 e. The highest BCUT2D eigenvalue weighted by molar-refractivity contribution is 5.76. The predicted molar refractivity (Wildman–Crippen MR) is 123 cm³/mol. The molecule has 0 spiro atoms. The lowest BCUT2D eigenvalue weighted by atomic mass is 9.88. The standard InChI is InChI=1S/C27H37NO3/c1-19-6-4-7-20(14-19)16-23(29)10-11-24-25-17-21(15-22(25)18-26(24)30)8-5-9-27(31)28-12-2-3-13-28/h4,6-7,10-11,14-15,22-26,29-30H,2-3,5,8-9,12-13,16-18H2,1H3/b11-10+/t22-,23+,24+,25-,26+/m0/s1. The normalized spacial score (nSPS) is 28.9. The number of amides is 1. The summed E-state index contributed by atoms with van der Waals surface area (Å²) in [5.41, 5.74) is 3.79. The van der Waals surface area contributed by atoms with Crippen LogP contribution in [0.25, 0.3) is 0 Å². The van der Waals surface area contributed by atoms with Gasteiger partial charge in [-0.05, 0) is 62.8 Å². The minimum absolute atomic E-state index is 0.108. The number of aliphatic hydroxyl groups excluding tert-OH is 2. The molecule has 1 aliphatic heterocycles. The molecule has 1 saturated heterocycles. The second-order valence-corrected chi connectivity index (χ2v) is 9.82. The second-order valence-electron chi connectivity index (χ2n) is 9.82. The summed E-state index contributed by atoms with van der Waals surface area (Å²) in [7, 11) is 0. The monoisotopic (exact) mass is 423 g/mol. The van der Waals surface area contributed by atoms with Crippen molar-refractivity contribution in [1.82, 2.24) is 4.90 Å². The number of fused-ring (bicyclic) bond motifs is 1. The molecule has 5 atom stereocenters. The number of benzene rings is 1. The molecule has 0 unspecified atom stereocenters. The lowest BCUT2D eigenvalue weighted by Gasteiger charge is -2.19. The summed E-state index contributed by atoms with van der Waals surface area (Å²) in [6.07, 6.45) is 12.8. The predicted octanol–water partition coefficient (Wildman–Crippen LogP) is 4.19. The van der Waals surface area contributed by atoms with Gasteiger partial charge in [-0.1, -0.05) is 53.6 Å². The summed E-state index contributed by atoms with van der Waals surface area (Å²) in [4.78, 5) is 14.3. The highest BCUT2D eigenvalue weighted by atomic mass is 16.3. The third-order valence-electron chi connectivity index (χ3n) is 7.38. The first-order chi connectivity index (χ1) is 15.0. The van der Waals surface area contributed by atoms with E-state index in [1.54, 1.807) is 0 Å². The van der Waals surface area contributed by atoms with Crippen LogP contribution in [0.5, 0.6) is 0 Å². The van der Waals surface area contributed by atoms with E-state index in [1.165, 1.54) is 11.1 Å². The molecule has 4 heteroatoms. The maximum absolute atomic E-state index is 12.2. The van der Waals surface area contributed by atoms with Crippen LogP contribution in [0.2, 0.25) is 0 Å². The number of carbonyl (C=O) groups excluding carboxylic acids is 1. The molecule has 2 fully saturated rings. The third-order valence-corrected chi connectivity index (χ3v) is 7.38. The van der Waals surface area contributed by atoms with Crippen LogP contribution in [0.4, 0.5) is 0 Å². The van der Waals surface area contributed by atoms with Gasteiger partial charge in [0.1, 0.15) is 0 Å². The number of allylic oxidation sites excluding steroid dienone is 2. The van der Waals surface area contributed by atoms with Crippen molar-refractivity contribution in [3.05, 3.63) is 59.2 Å². The SMILES string of the molecule is Cc1cccc(C[C@H](O)/C=C/[C@@H]2[C@H]3CC(CCCC(=O)N4CCCC4)=C[C@H]3C[C@H]2O)c1. The first-order valence-electron chi connectivity index (χ1n) is 12.1. The fourth-order valence-corrected chi connectivity index (χ4v) is 5.79. The molecular formula is C27H37NO3. The van der Waals surface area contributed by atoms with Crippen molar-refractivity contribution in [3.63, 3.8) is 0 Å². The van der Waals surface area contributed by atoms with E-state index < -0.39 is 6.10 Å². The minimum atomic E-state index is -0.529. The topological polar surface area (TPSA) is 60.8 Å². The molecule has 3 aliphatic rings. The Hall–Kier alpha value is -1.91. The van der Waals surface area contributed by atoms with Gasteiger partial charge in [-0.25, -0.2) is 0 Å². The van der Waals surface area contributed by atoms with E-state index >= 15 is 0 Å². The Morgan fingerprint density at radius 1 is 1.29 bits per heavy atom. The van der Waals surface area contributed by atoms with Crippen LogP contribution in [-0.2, 0) is 11.2 Å². The molecule has 2 N–H and O–H groups in total. The molecule has 0 bridgehead atoms. The highest BCUT2D eigenvalue weighted by Gasteiger charge is 2.43. The molecule has 1 amide bonds. The first-order valence-corrected chi connectivity index (χ1v) is 12.1. The molecule has 1 aromatic carbocycles. The number of likely N-dealkylation sites (tertiary alicyclic amines) is 1. The summed E-state index contributed by atoms with van der Waals surface area (Å²) in [6.45, 7) is 3.94. The number of aryl methyl sites for hydroxylation is 1. The summed E-state index contributed by atoms with van der Waals surface area (Å²) in [5, 5.41) is 21.1. The van der Waals surface area contributed by atoms with Gasteiger partial charge < -0.3 is 15.1 Å². The van der Waals surface area contributed by atoms with E-state index in [-0.39, 0.29) is 12.0 Å². The van der Waals surface area contributed by atoms with E-state index in [9.17, 15) is 15.0 Å². The smallest absolute Gasteiger partial charge is 0.222 e. The highest BCUT2D eigenvalue weighted by Crippen LogP contribution is 2.48. The number of hydrogen-bond acceptors (Lipinski definition) is 3. The number of rotatable bonds is 8. The molecule has 31 heavy (non-hydrogen) atoms. The van der Waals surface area contributed by atoms with Crippen molar-refractivity contribution in [3.8, 4) is 0 Å². The van der Waals surface area contributed by atoms with Crippen molar-refractivity contribution >= 4 is 5.91 Å². The van der Waals surface area contributed by atoms with Crippen molar-refractivity contribution in [1.29, 1.82) is 0 Å². The number of aliphatic hydroxyl groups is 2. The van der Waals surface area contributed by atoms with Crippen LogP contribution in [0.15, 0.2) is 48.1 Å². The van der Waals surface area contributed by atoms with E-state index in [1.807, 2.05) is 23.1 Å². The largest absolute Gasteiger partial charge is 0.392 e. The Morgan fingerprint density at radius 3 is 2.87 bits per heavy atom. The molecule has 4 nitrogen and oxygen atoms in total. The first kappa shape index (κ1) is 22.3. The van der Waals surface area contributed by atoms with Crippen LogP contribution < -0.4 is 0 Å². The number of hydrogen-bond donors (Lipinski definition) is 2. The Labute approximate surface area is 186 Å². The van der Waals surface area contributed by atoms with E-state index in [0.29, 0.717) is 30.6 Å². The van der Waals surface area contributed by atoms with Crippen LogP contribution in [0.1, 0.15) is 56.1 Å². The van der Waals surface area contributed by atoms with E-state index in [4.69, 9.17) is 0 Å². The average molecular weight is 424 g/mol. The molecule has 1 saturated carbocycles. The molecule has 0 aromatic heterocycles. The third kappa shape index (κ3) is 5.67. The molecule has 4 rings (SSSR count). The molecule has 1 heterocycles. The fraction of sp³-hybridized carbons (Fsp3) is 0.593. The summed E-state index contributed by atoms with van der Waals surface area (Å²) >= 11 is 0. The van der Waals surface area contributed by atoms with Gasteiger partial charge in [0.15, 0.2) is 0 Å². The van der Waals surface area contributed by atoms with Crippen molar-refractivity contribution in [2.24, 2.45) is 17.8 Å². The summed E-state index contributed by atoms with van der Waals surface area (Å²) < 4.78 is 0. The zero-order valence-corrected chi connectivity index (χ0v) is 18.7. The summed E-state index contributed by atoms with van der Waals surface area (Å²) in [6, 6.07) is 8.25. The Balaban J connectivity index is 1.25. The quantitative estimate of drug-likeness (QED) is 0.617. The van der Waals surface area contributed by atoms with Gasteiger partial charge in [0.25, 0.3) is 0 Å². The Bertz CT molecular complexity index is 824. The van der Waals surface area contributed by atoms with Gasteiger partial charge in [0.2, 0.25) is 5.91 Å². The van der Waals surface area contributed by atoms with E-state index in [2.05, 4.69) is 31.2 Å². The second kappa shape index (κ2) is 10.1. The summed E-state index contributed by atoms with van der Waals surface area (Å²) in [5.74, 6) is 1.29. The lowest BCUT2D eigenvalue weighted by molar-refractivity contribution is -0.130. The zero-order valence-electron chi connectivity index (χ0n) is 18.7. The number of nitrogens with zero attached hydrogens (tertiary/aromatic N) is 1.